The molecule has 2 rings (SSSR count). The van der Waals surface area contributed by atoms with Crippen LogP contribution in [0.3, 0.4) is 0 Å². The molecule has 0 unspecified atom stereocenters. The number of para-hydroxylation sites is 2. The van der Waals surface area contributed by atoms with E-state index >= 15 is 0 Å². The fourth-order valence-electron chi connectivity index (χ4n) is 1.43. The summed E-state index contributed by atoms with van der Waals surface area (Å²) >= 11 is 1.64. The lowest BCUT2D eigenvalue weighted by Gasteiger charge is -2.02. The average molecular weight is 208 g/mol. The molecule has 2 aromatic rings. The molecule has 14 heavy (non-hydrogen) atoms. The summed E-state index contributed by atoms with van der Waals surface area (Å²) in [6, 6.07) is 7.84. The van der Waals surface area contributed by atoms with Crippen LogP contribution in [-0.2, 0) is 6.73 Å². The van der Waals surface area contributed by atoms with E-state index in [-0.39, 0.29) is 6.73 Å². The Morgan fingerprint density at radius 1 is 1.43 bits per heavy atom. The highest BCUT2D eigenvalue weighted by atomic mass is 32.2. The lowest BCUT2D eigenvalue weighted by molar-refractivity contribution is 0.205. The molecule has 1 aromatic heterocycles. The number of imidazole rings is 1. The monoisotopic (exact) mass is 208 g/mol. The number of thioether (sulfide) groups is 1. The Balaban J connectivity index is 2.60. The van der Waals surface area contributed by atoms with Crippen molar-refractivity contribution in [1.29, 1.82) is 0 Å². The van der Waals surface area contributed by atoms with E-state index in [4.69, 9.17) is 0 Å². The van der Waals surface area contributed by atoms with Crippen LogP contribution < -0.4 is 0 Å². The minimum Gasteiger partial charge on any atom is -0.376 e. The second kappa shape index (κ2) is 4.02. The molecular formula is C10H12N2OS. The molecule has 0 aliphatic carbocycles. The van der Waals surface area contributed by atoms with Gasteiger partial charge in [-0.1, -0.05) is 30.8 Å². The zero-order chi connectivity index (χ0) is 9.97. The van der Waals surface area contributed by atoms with Crippen molar-refractivity contribution in [2.24, 2.45) is 0 Å². The third-order valence-corrected chi connectivity index (χ3v) is 2.89. The van der Waals surface area contributed by atoms with E-state index in [9.17, 15) is 5.11 Å². The van der Waals surface area contributed by atoms with Crippen LogP contribution in [0.1, 0.15) is 6.92 Å². The smallest absolute Gasteiger partial charge is 0.170 e. The van der Waals surface area contributed by atoms with Crippen molar-refractivity contribution in [3.05, 3.63) is 24.3 Å². The van der Waals surface area contributed by atoms with Crippen molar-refractivity contribution >= 4 is 22.8 Å². The summed E-state index contributed by atoms with van der Waals surface area (Å²) in [5.74, 6) is 0.962. The molecule has 0 saturated heterocycles. The van der Waals surface area contributed by atoms with Gasteiger partial charge in [-0.15, -0.1) is 0 Å². The van der Waals surface area contributed by atoms with Gasteiger partial charge in [0.2, 0.25) is 0 Å². The molecule has 0 spiro atoms. The van der Waals surface area contributed by atoms with Gasteiger partial charge in [0.1, 0.15) is 6.73 Å². The van der Waals surface area contributed by atoms with Gasteiger partial charge in [0.05, 0.1) is 11.0 Å². The molecule has 0 fully saturated rings. The van der Waals surface area contributed by atoms with Gasteiger partial charge in [-0.05, 0) is 17.9 Å². The number of fused-ring (bicyclic) bond motifs is 1. The number of benzene rings is 1. The van der Waals surface area contributed by atoms with E-state index in [1.807, 2.05) is 28.8 Å². The van der Waals surface area contributed by atoms with Gasteiger partial charge in [0, 0.05) is 0 Å². The summed E-state index contributed by atoms with van der Waals surface area (Å²) in [5, 5.41) is 10.1. The third-order valence-electron chi connectivity index (χ3n) is 2.03. The van der Waals surface area contributed by atoms with Crippen LogP contribution in [0.25, 0.3) is 11.0 Å². The molecule has 0 bridgehead atoms. The summed E-state index contributed by atoms with van der Waals surface area (Å²) in [6.45, 7) is 2.06. The summed E-state index contributed by atoms with van der Waals surface area (Å²) in [5.41, 5.74) is 1.93. The Morgan fingerprint density at radius 3 is 2.93 bits per heavy atom. The van der Waals surface area contributed by atoms with Crippen molar-refractivity contribution in [3.63, 3.8) is 0 Å². The number of aromatic nitrogens is 2. The molecule has 1 aromatic carbocycles. The first-order valence-corrected chi connectivity index (χ1v) is 5.54. The quantitative estimate of drug-likeness (QED) is 0.785. The van der Waals surface area contributed by atoms with Crippen LogP contribution in [-0.4, -0.2) is 20.4 Å². The molecule has 74 valence electrons. The Labute approximate surface area is 86.8 Å². The number of hydrogen-bond donors (Lipinski definition) is 1. The lowest BCUT2D eigenvalue weighted by Crippen LogP contribution is -1.98. The van der Waals surface area contributed by atoms with Crippen molar-refractivity contribution in [2.75, 3.05) is 5.75 Å². The standard InChI is InChI=1S/C10H12N2OS/c1-2-14-10-11-8-5-3-4-6-9(8)12(10)7-13/h3-6,13H,2,7H2,1H3. The Morgan fingerprint density at radius 2 is 2.21 bits per heavy atom. The first-order valence-electron chi connectivity index (χ1n) is 4.55. The molecule has 0 aliphatic heterocycles. The fraction of sp³-hybridized carbons (Fsp3) is 0.300. The van der Waals surface area contributed by atoms with Crippen LogP contribution in [0, 0.1) is 0 Å². The van der Waals surface area contributed by atoms with Crippen molar-refractivity contribution in [2.45, 2.75) is 18.8 Å². The molecule has 0 aliphatic rings. The SMILES string of the molecule is CCSc1nc2ccccc2n1CO. The van der Waals surface area contributed by atoms with E-state index in [0.717, 1.165) is 21.9 Å². The maximum absolute atomic E-state index is 9.24. The van der Waals surface area contributed by atoms with Crippen LogP contribution in [0.4, 0.5) is 0 Å². The molecule has 0 saturated carbocycles. The second-order valence-electron chi connectivity index (χ2n) is 2.89. The highest BCUT2D eigenvalue weighted by Gasteiger charge is 2.08. The largest absolute Gasteiger partial charge is 0.376 e. The molecular weight excluding hydrogens is 196 g/mol. The Bertz CT molecular complexity index is 439. The maximum atomic E-state index is 9.24. The number of rotatable bonds is 3. The lowest BCUT2D eigenvalue weighted by atomic mass is 10.3. The Hall–Kier alpha value is -1.00. The summed E-state index contributed by atoms with van der Waals surface area (Å²) < 4.78 is 1.82. The highest BCUT2D eigenvalue weighted by Crippen LogP contribution is 2.22. The first kappa shape index (κ1) is 9.55. The molecule has 0 amide bonds. The molecule has 4 heteroatoms. The van der Waals surface area contributed by atoms with Crippen molar-refractivity contribution in [1.82, 2.24) is 9.55 Å². The van der Waals surface area contributed by atoms with Crippen LogP contribution in [0.15, 0.2) is 29.4 Å². The second-order valence-corrected chi connectivity index (χ2v) is 4.12. The first-order chi connectivity index (χ1) is 6.86. The van der Waals surface area contributed by atoms with Crippen molar-refractivity contribution in [3.8, 4) is 0 Å². The summed E-state index contributed by atoms with van der Waals surface area (Å²) in [4.78, 5) is 4.44. The normalized spacial score (nSPS) is 11.0. The molecule has 1 heterocycles. The van der Waals surface area contributed by atoms with Gasteiger partial charge in [-0.3, -0.25) is 4.57 Å². The van der Waals surface area contributed by atoms with Gasteiger partial charge in [0.15, 0.2) is 5.16 Å². The van der Waals surface area contributed by atoms with Crippen LogP contribution >= 0.6 is 11.8 Å². The number of aliphatic hydroxyl groups excluding tert-OH is 1. The molecule has 3 nitrogen and oxygen atoms in total. The predicted octanol–water partition coefficient (Wildman–Crippen LogP) is 2.10. The van der Waals surface area contributed by atoms with E-state index in [0.29, 0.717) is 0 Å². The minimum absolute atomic E-state index is 0.0111. The van der Waals surface area contributed by atoms with Crippen molar-refractivity contribution < 1.29 is 5.11 Å². The van der Waals surface area contributed by atoms with Crippen LogP contribution in [0.5, 0.6) is 0 Å². The number of aliphatic hydroxyl groups is 1. The van der Waals surface area contributed by atoms with Crippen LogP contribution in [0.2, 0.25) is 0 Å². The minimum atomic E-state index is -0.0111. The fourth-order valence-corrected chi connectivity index (χ4v) is 2.16. The van der Waals surface area contributed by atoms with E-state index in [1.54, 1.807) is 11.8 Å². The topological polar surface area (TPSA) is 38.0 Å². The zero-order valence-electron chi connectivity index (χ0n) is 7.97. The van der Waals surface area contributed by atoms with Gasteiger partial charge in [-0.25, -0.2) is 4.98 Å². The summed E-state index contributed by atoms with van der Waals surface area (Å²) in [6.07, 6.45) is 0. The Kier molecular flexibility index (Phi) is 2.74. The molecule has 0 radical (unpaired) electrons. The summed E-state index contributed by atoms with van der Waals surface area (Å²) in [7, 11) is 0. The van der Waals surface area contributed by atoms with E-state index < -0.39 is 0 Å². The zero-order valence-corrected chi connectivity index (χ0v) is 8.79. The molecule has 1 N–H and O–H groups in total. The maximum Gasteiger partial charge on any atom is 0.170 e. The van der Waals surface area contributed by atoms with Gasteiger partial charge in [0.25, 0.3) is 0 Å². The third kappa shape index (κ3) is 1.51. The predicted molar refractivity (Wildman–Crippen MR) is 58.3 cm³/mol. The van der Waals surface area contributed by atoms with Gasteiger partial charge >= 0.3 is 0 Å². The number of hydrogen-bond acceptors (Lipinski definition) is 3. The number of nitrogens with zero attached hydrogens (tertiary/aromatic N) is 2. The van der Waals surface area contributed by atoms with E-state index in [1.165, 1.54) is 0 Å². The highest BCUT2D eigenvalue weighted by molar-refractivity contribution is 7.99. The van der Waals surface area contributed by atoms with Gasteiger partial charge in [-0.2, -0.15) is 0 Å². The van der Waals surface area contributed by atoms with E-state index in [2.05, 4.69) is 11.9 Å². The average Bonchev–Trinajstić information content (AvgIpc) is 2.55. The molecule has 0 atom stereocenters. The van der Waals surface area contributed by atoms with Gasteiger partial charge < -0.3 is 5.11 Å².